The molecule has 1 aliphatic heterocycles. The van der Waals surface area contributed by atoms with Crippen molar-refractivity contribution in [2.24, 2.45) is 11.7 Å². The third-order valence-electron chi connectivity index (χ3n) is 8.62. The van der Waals surface area contributed by atoms with Gasteiger partial charge in [-0.2, -0.15) is 9.61 Å². The molecule has 6 rings (SSSR count). The van der Waals surface area contributed by atoms with E-state index >= 15 is 8.78 Å². The van der Waals surface area contributed by atoms with Crippen LogP contribution in [0.15, 0.2) is 48.9 Å². The molecule has 4 N–H and O–H groups in total. The second-order valence-electron chi connectivity index (χ2n) is 11.5. The van der Waals surface area contributed by atoms with E-state index < -0.39 is 17.2 Å². The predicted octanol–water partition coefficient (Wildman–Crippen LogP) is 3.72. The quantitative estimate of drug-likeness (QED) is 0.316. The van der Waals surface area contributed by atoms with E-state index in [-0.39, 0.29) is 59.9 Å². The number of nitrogens with two attached hydrogens (primary N) is 1. The highest BCUT2D eigenvalue weighted by molar-refractivity contribution is 5.73. The molecule has 42 heavy (non-hydrogen) atoms. The van der Waals surface area contributed by atoms with Crippen molar-refractivity contribution in [3.8, 4) is 11.3 Å². The zero-order chi connectivity index (χ0) is 29.8. The number of nitrogens with one attached hydrogen (secondary N) is 1. The number of likely N-dealkylation sites (N-methyl/N-ethyl adjacent to an activating group) is 1. The highest BCUT2D eigenvalue weighted by Gasteiger charge is 2.40. The van der Waals surface area contributed by atoms with Crippen molar-refractivity contribution in [1.82, 2.24) is 24.5 Å². The van der Waals surface area contributed by atoms with Crippen LogP contribution in [0, 0.1) is 17.6 Å². The Labute approximate surface area is 241 Å². The Hall–Kier alpha value is -4.00. The number of fused-ring (bicyclic) bond motifs is 1. The molecule has 10 nitrogen and oxygen atoms in total. The average molecular weight is 578 g/mol. The van der Waals surface area contributed by atoms with E-state index in [2.05, 4.69) is 27.3 Å². The molecule has 12 heteroatoms. The predicted molar refractivity (Wildman–Crippen MR) is 152 cm³/mol. The molecule has 3 aromatic heterocycles. The third kappa shape index (κ3) is 4.89. The van der Waals surface area contributed by atoms with Crippen LogP contribution in [0.3, 0.4) is 0 Å². The molecule has 1 saturated heterocycles. The topological polar surface area (TPSA) is 131 Å². The number of carbonyl (C=O) groups is 1. The van der Waals surface area contributed by atoms with Crippen LogP contribution in [0.25, 0.3) is 16.8 Å². The fourth-order valence-electron chi connectivity index (χ4n) is 6.34. The molecule has 1 saturated carbocycles. The van der Waals surface area contributed by atoms with Gasteiger partial charge in [0.05, 0.1) is 48.1 Å². The molecule has 220 valence electrons. The van der Waals surface area contributed by atoms with Crippen molar-refractivity contribution in [1.29, 1.82) is 0 Å². The maximum Gasteiger partial charge on any atom is 0.229 e. The minimum atomic E-state index is -1.40. The normalized spacial score (nSPS) is 23.4. The summed E-state index contributed by atoms with van der Waals surface area (Å²) in [5.74, 6) is -1.04. The zero-order valence-electron chi connectivity index (χ0n) is 23.6. The van der Waals surface area contributed by atoms with E-state index in [0.717, 1.165) is 29.8 Å². The summed E-state index contributed by atoms with van der Waals surface area (Å²) < 4.78 is 36.9. The molecule has 2 aliphatic rings. The molecule has 0 bridgehead atoms. The van der Waals surface area contributed by atoms with E-state index in [0.29, 0.717) is 17.9 Å². The van der Waals surface area contributed by atoms with Crippen LogP contribution in [0.4, 0.5) is 20.4 Å². The van der Waals surface area contributed by atoms with Crippen LogP contribution < -0.4 is 11.1 Å². The molecule has 4 atom stereocenters. The van der Waals surface area contributed by atoms with Crippen LogP contribution >= 0.6 is 0 Å². The number of aromatic nitrogens is 4. The monoisotopic (exact) mass is 577 g/mol. The second-order valence-corrected chi connectivity index (χ2v) is 11.5. The number of carbonyl (C=O) groups excluding carboxylic acids is 1. The van der Waals surface area contributed by atoms with Gasteiger partial charge in [0.1, 0.15) is 17.2 Å². The summed E-state index contributed by atoms with van der Waals surface area (Å²) in [4.78, 5) is 22.5. The van der Waals surface area contributed by atoms with Crippen molar-refractivity contribution in [3.63, 3.8) is 0 Å². The molecule has 0 radical (unpaired) electrons. The standard InChI is InChI=1S/C30H33F2N7O3/c1-16-8-18(9-24(33)28(16)38(3)17(2)40)21-6-7-34-13-26(21)36-29-35-12-20-4-5-25(37-39(20)29)27-22(31)10-19(11-23(27)32)30(41)14-42-15-30/h4-7,10-13,16,18,24,28,41H,8-9,14-15,33H2,1-3H3,(H,35,36)/t16-,18+,24+,28-/m0/s1. The summed E-state index contributed by atoms with van der Waals surface area (Å²) in [6.07, 6.45) is 6.56. The number of halogens is 2. The number of hydrogen-bond donors (Lipinski definition) is 3. The van der Waals surface area contributed by atoms with Gasteiger partial charge >= 0.3 is 0 Å². The number of ether oxygens (including phenoxy) is 1. The van der Waals surface area contributed by atoms with Crippen LogP contribution in [-0.4, -0.2) is 67.8 Å². The van der Waals surface area contributed by atoms with E-state index in [9.17, 15) is 9.90 Å². The molecule has 1 aromatic carbocycles. The molecule has 0 spiro atoms. The van der Waals surface area contributed by atoms with Gasteiger partial charge in [0.25, 0.3) is 0 Å². The number of rotatable bonds is 6. The summed E-state index contributed by atoms with van der Waals surface area (Å²) in [7, 11) is 1.80. The first-order chi connectivity index (χ1) is 20.1. The Morgan fingerprint density at radius 2 is 1.93 bits per heavy atom. The van der Waals surface area contributed by atoms with Gasteiger partial charge in [0, 0.05) is 32.3 Å². The fourth-order valence-corrected chi connectivity index (χ4v) is 6.34. The minimum absolute atomic E-state index is 0.00828. The Morgan fingerprint density at radius 3 is 2.57 bits per heavy atom. The van der Waals surface area contributed by atoms with Crippen molar-refractivity contribution < 1.29 is 23.4 Å². The van der Waals surface area contributed by atoms with E-state index in [1.165, 1.54) is 10.6 Å². The van der Waals surface area contributed by atoms with Gasteiger partial charge in [-0.15, -0.1) is 0 Å². The lowest BCUT2D eigenvalue weighted by Gasteiger charge is -2.43. The zero-order valence-corrected chi connectivity index (χ0v) is 23.6. The first-order valence-corrected chi connectivity index (χ1v) is 13.9. The Bertz CT molecular complexity index is 1620. The number of pyridine rings is 1. The Balaban J connectivity index is 1.30. The number of imidazole rings is 1. The highest BCUT2D eigenvalue weighted by Crippen LogP contribution is 2.41. The molecule has 4 aromatic rings. The minimum Gasteiger partial charge on any atom is -0.380 e. The lowest BCUT2D eigenvalue weighted by Crippen LogP contribution is -2.54. The van der Waals surface area contributed by atoms with Gasteiger partial charge in [-0.1, -0.05) is 6.92 Å². The third-order valence-corrected chi connectivity index (χ3v) is 8.62. The van der Waals surface area contributed by atoms with Gasteiger partial charge in [0.2, 0.25) is 11.9 Å². The molecule has 4 heterocycles. The van der Waals surface area contributed by atoms with Gasteiger partial charge in [-0.25, -0.2) is 13.8 Å². The molecule has 2 fully saturated rings. The van der Waals surface area contributed by atoms with Crippen molar-refractivity contribution >= 4 is 23.1 Å². The maximum atomic E-state index is 15.2. The average Bonchev–Trinajstić information content (AvgIpc) is 3.33. The van der Waals surface area contributed by atoms with Crippen molar-refractivity contribution in [3.05, 3.63) is 71.7 Å². The molecular formula is C30H33F2N7O3. The number of hydrogen-bond acceptors (Lipinski definition) is 8. The first-order valence-electron chi connectivity index (χ1n) is 13.9. The largest absolute Gasteiger partial charge is 0.380 e. The van der Waals surface area contributed by atoms with Crippen LogP contribution in [0.2, 0.25) is 0 Å². The van der Waals surface area contributed by atoms with E-state index in [1.54, 1.807) is 43.5 Å². The first kappa shape index (κ1) is 28.1. The summed E-state index contributed by atoms with van der Waals surface area (Å²) in [5.41, 5.74) is 7.44. The number of nitrogens with zero attached hydrogens (tertiary/aromatic N) is 5. The fraction of sp³-hybridized carbons (Fsp3) is 0.400. The number of aliphatic hydroxyl groups is 1. The van der Waals surface area contributed by atoms with Gasteiger partial charge in [0.15, 0.2) is 0 Å². The number of amides is 1. The summed E-state index contributed by atoms with van der Waals surface area (Å²) in [6.45, 7) is 3.63. The smallest absolute Gasteiger partial charge is 0.229 e. The summed E-state index contributed by atoms with van der Waals surface area (Å²) >= 11 is 0. The number of anilines is 2. The number of benzene rings is 1. The van der Waals surface area contributed by atoms with Crippen molar-refractivity contribution in [2.75, 3.05) is 25.6 Å². The molecule has 0 unspecified atom stereocenters. The summed E-state index contributed by atoms with van der Waals surface area (Å²) in [6, 6.07) is 7.15. The van der Waals surface area contributed by atoms with E-state index in [1.807, 2.05) is 6.07 Å². The van der Waals surface area contributed by atoms with Crippen LogP contribution in [-0.2, 0) is 15.1 Å². The molecule has 1 aliphatic carbocycles. The molecule has 1 amide bonds. The van der Waals surface area contributed by atoms with Crippen LogP contribution in [0.5, 0.6) is 0 Å². The van der Waals surface area contributed by atoms with Gasteiger partial charge in [-0.3, -0.25) is 9.78 Å². The second kappa shape index (κ2) is 10.7. The SMILES string of the molecule is CC(=O)N(C)[C@@H]1[C@H](N)C[C@H](c2ccncc2Nc2ncc3ccc(-c4c(F)cc(C5(O)COC5)cc4F)nn23)C[C@@H]1C. The van der Waals surface area contributed by atoms with Crippen molar-refractivity contribution in [2.45, 2.75) is 50.3 Å². The van der Waals surface area contributed by atoms with Crippen LogP contribution in [0.1, 0.15) is 43.7 Å². The summed E-state index contributed by atoms with van der Waals surface area (Å²) in [5, 5.41) is 18.3. The lowest BCUT2D eigenvalue weighted by molar-refractivity contribution is -0.184. The Morgan fingerprint density at radius 1 is 1.19 bits per heavy atom. The Kier molecular flexibility index (Phi) is 7.16. The molecular weight excluding hydrogens is 544 g/mol. The van der Waals surface area contributed by atoms with Gasteiger partial charge in [-0.05, 0) is 66.1 Å². The maximum absolute atomic E-state index is 15.2. The van der Waals surface area contributed by atoms with E-state index in [4.69, 9.17) is 10.5 Å². The lowest BCUT2D eigenvalue weighted by atomic mass is 9.73. The van der Waals surface area contributed by atoms with Gasteiger partial charge < -0.3 is 25.8 Å². The highest BCUT2D eigenvalue weighted by atomic mass is 19.1.